The number of nitrogens with zero attached hydrogens (tertiary/aromatic N) is 6. The number of pyridine rings is 2. The number of nitro benzene ring substituents is 2. The fraction of sp³-hybridized carbons (Fsp3) is 0.172. The molecule has 2 amide bonds. The molecule has 276 valence electrons. The van der Waals surface area contributed by atoms with Crippen molar-refractivity contribution in [2.45, 2.75) is 6.18 Å². The summed E-state index contributed by atoms with van der Waals surface area (Å²) in [5.41, 5.74) is -2.88. The Labute approximate surface area is 302 Å². The largest absolute Gasteiger partial charge is 0.439 e. The van der Waals surface area contributed by atoms with E-state index in [1.807, 2.05) is 0 Å². The summed E-state index contributed by atoms with van der Waals surface area (Å²) < 4.78 is 78.4. The lowest BCUT2D eigenvalue weighted by molar-refractivity contribution is -0.385. The number of amides is 2. The molecule has 0 spiro atoms. The van der Waals surface area contributed by atoms with Gasteiger partial charge in [-0.05, 0) is 24.3 Å². The number of ether oxygens (including phenoxy) is 2. The van der Waals surface area contributed by atoms with Gasteiger partial charge in [-0.25, -0.2) is 18.4 Å². The summed E-state index contributed by atoms with van der Waals surface area (Å²) in [6.07, 6.45) is 2.16. The Kier molecular flexibility index (Phi) is 13.0. The van der Waals surface area contributed by atoms with Crippen LogP contribution in [-0.2, 0) is 25.6 Å². The molecule has 0 N–H and O–H groups in total. The minimum atomic E-state index is -4.56. The predicted molar refractivity (Wildman–Crippen MR) is 183 cm³/mol. The first-order chi connectivity index (χ1) is 23.9. The van der Waals surface area contributed by atoms with Crippen molar-refractivity contribution in [3.05, 3.63) is 114 Å². The molecule has 2 heterocycles. The van der Waals surface area contributed by atoms with Crippen LogP contribution >= 0.6 is 23.2 Å². The molecule has 52 heavy (non-hydrogen) atoms. The van der Waals surface area contributed by atoms with E-state index in [0.717, 1.165) is 42.5 Å². The summed E-state index contributed by atoms with van der Waals surface area (Å²) in [4.78, 5) is 52.2. The van der Waals surface area contributed by atoms with Gasteiger partial charge in [-0.1, -0.05) is 23.2 Å². The number of alkyl halides is 3. The molecule has 0 radical (unpaired) electrons. The van der Waals surface area contributed by atoms with Crippen molar-refractivity contribution >= 4 is 65.8 Å². The molecule has 2 aromatic carbocycles. The molecular weight excluding hydrogens is 784 g/mol. The third-order valence-corrected chi connectivity index (χ3v) is 7.36. The smallest absolute Gasteiger partial charge is 0.417 e. The number of hydrogen-bond acceptors (Lipinski definition) is 12. The second-order valence-electron chi connectivity index (χ2n) is 10.6. The zero-order valence-electron chi connectivity index (χ0n) is 26.8. The van der Waals surface area contributed by atoms with Gasteiger partial charge in [0.1, 0.15) is 27.6 Å². The van der Waals surface area contributed by atoms with E-state index < -0.39 is 69.8 Å². The van der Waals surface area contributed by atoms with Crippen molar-refractivity contribution < 1.29 is 50.5 Å². The lowest BCUT2D eigenvalue weighted by atomic mass is 10.1. The molecule has 0 bridgehead atoms. The van der Waals surface area contributed by atoms with Crippen molar-refractivity contribution in [3.8, 4) is 23.3 Å². The Morgan fingerprint density at radius 3 is 1.62 bits per heavy atom. The van der Waals surface area contributed by atoms with E-state index in [9.17, 15) is 51.4 Å². The van der Waals surface area contributed by atoms with Crippen LogP contribution in [0.5, 0.6) is 23.3 Å². The van der Waals surface area contributed by atoms with Crippen LogP contribution in [0, 0.1) is 20.2 Å². The molecule has 4 aromatic rings. The van der Waals surface area contributed by atoms with E-state index >= 15 is 0 Å². The van der Waals surface area contributed by atoms with Gasteiger partial charge in [0.05, 0.1) is 20.4 Å². The summed E-state index contributed by atoms with van der Waals surface area (Å²) in [7, 11) is -5.64. The number of carbonyl (C=O) groups is 2. The number of carbonyl (C=O) groups excluding carboxylic acids is 2. The highest BCUT2D eigenvalue weighted by molar-refractivity contribution is 7.92. The lowest BCUT2D eigenvalue weighted by Gasteiger charge is -2.09. The van der Waals surface area contributed by atoms with Crippen molar-refractivity contribution in [2.75, 3.05) is 25.0 Å². The summed E-state index contributed by atoms with van der Waals surface area (Å²) >= 11 is 11.7. The van der Waals surface area contributed by atoms with Crippen LogP contribution < -0.4 is 9.47 Å². The zero-order valence-corrected chi connectivity index (χ0v) is 30.0. The van der Waals surface area contributed by atoms with Gasteiger partial charge in [0.25, 0.3) is 23.2 Å². The van der Waals surface area contributed by atoms with Crippen LogP contribution in [0.1, 0.15) is 26.3 Å². The number of benzene rings is 2. The van der Waals surface area contributed by atoms with Crippen LogP contribution in [0.4, 0.5) is 24.5 Å². The van der Waals surface area contributed by atoms with Crippen molar-refractivity contribution in [2.24, 2.45) is 8.73 Å². The maximum Gasteiger partial charge on any atom is 0.417 e. The summed E-state index contributed by atoms with van der Waals surface area (Å²) in [6, 6.07) is 9.67. The number of aromatic nitrogens is 2. The minimum absolute atomic E-state index is 0.00466. The van der Waals surface area contributed by atoms with Crippen molar-refractivity contribution in [3.63, 3.8) is 0 Å². The molecule has 0 fully saturated rings. The van der Waals surface area contributed by atoms with Gasteiger partial charge in [0.15, 0.2) is 0 Å². The molecule has 23 heteroatoms. The molecule has 2 aromatic heterocycles. The van der Waals surface area contributed by atoms with E-state index in [-0.39, 0.29) is 33.8 Å². The maximum atomic E-state index is 12.5. The Balaban J connectivity index is 0.000000281. The fourth-order valence-corrected chi connectivity index (χ4v) is 5.05. The molecular formula is C29H23Cl2F3N6O10S2. The average Bonchev–Trinajstić information content (AvgIpc) is 3.00. The number of rotatable bonds is 8. The monoisotopic (exact) mass is 806 g/mol. The number of nitro groups is 2. The molecule has 16 nitrogen and oxygen atoms in total. The van der Waals surface area contributed by atoms with Gasteiger partial charge < -0.3 is 9.47 Å². The van der Waals surface area contributed by atoms with Crippen LogP contribution in [-0.4, -0.2) is 65.1 Å². The number of halogens is 5. The Bertz CT molecular complexity index is 2310. The number of hydrogen-bond donors (Lipinski definition) is 0. The Morgan fingerprint density at radius 1 is 0.750 bits per heavy atom. The van der Waals surface area contributed by atoms with E-state index in [1.165, 1.54) is 43.4 Å². The van der Waals surface area contributed by atoms with E-state index in [2.05, 4.69) is 18.7 Å². The Hall–Kier alpha value is -5.25. The van der Waals surface area contributed by atoms with E-state index in [0.29, 0.717) is 11.2 Å². The quantitative estimate of drug-likeness (QED) is 0.124. The minimum Gasteiger partial charge on any atom is -0.439 e. The van der Waals surface area contributed by atoms with Crippen LogP contribution in [0.3, 0.4) is 0 Å². The SMILES string of the molecule is CS(C)(=O)=NC(=O)c1cc(Oc2ccc(C(F)(F)F)cn2)ccc1[N+](=O)[O-].CS(C)(=O)=NC(=O)c1cc(Oc2ncc(Cl)cc2Cl)ccc1[N+](=O)[O-]. The molecule has 0 atom stereocenters. The first-order valence-corrected chi connectivity index (χ1v) is 19.0. The first-order valence-electron chi connectivity index (χ1n) is 13.6. The van der Waals surface area contributed by atoms with E-state index in [1.54, 1.807) is 0 Å². The normalized spacial score (nSPS) is 11.4. The van der Waals surface area contributed by atoms with Gasteiger partial charge in [-0.2, -0.15) is 21.9 Å². The molecule has 0 aliphatic carbocycles. The molecule has 0 aliphatic heterocycles. The summed E-state index contributed by atoms with van der Waals surface area (Å²) in [5, 5.41) is 22.6. The average molecular weight is 808 g/mol. The van der Waals surface area contributed by atoms with Crippen LogP contribution in [0.2, 0.25) is 10.0 Å². The third kappa shape index (κ3) is 12.2. The standard InChI is InChI=1S/C15H12F3N3O5S.C14H11Cl2N3O5S/c1-27(2,25)20-14(22)11-7-10(4-5-12(11)21(23)24)26-13-6-3-9(8-19-13)15(16,17)18;1-25(2,23)18-13(20)10-6-9(3-4-12(10)19(21)22)24-14-11(16)5-8(15)7-17-14/h3-8H,1-2H3;3-7H,1-2H3. The van der Waals surface area contributed by atoms with Gasteiger partial charge in [-0.3, -0.25) is 29.8 Å². The summed E-state index contributed by atoms with van der Waals surface area (Å²) in [5.74, 6) is -2.30. The first kappa shape index (κ1) is 41.2. The van der Waals surface area contributed by atoms with Crippen LogP contribution in [0.15, 0.2) is 75.7 Å². The van der Waals surface area contributed by atoms with E-state index in [4.69, 9.17) is 32.7 Å². The molecule has 4 rings (SSSR count). The molecule has 0 saturated heterocycles. The van der Waals surface area contributed by atoms with Gasteiger partial charge in [-0.15, -0.1) is 0 Å². The zero-order chi connectivity index (χ0) is 39.2. The highest BCUT2D eigenvalue weighted by Gasteiger charge is 2.31. The molecule has 0 unspecified atom stereocenters. The summed E-state index contributed by atoms with van der Waals surface area (Å²) in [6.45, 7) is 0. The highest BCUT2D eigenvalue weighted by Crippen LogP contribution is 2.33. The maximum absolute atomic E-state index is 12.5. The van der Waals surface area contributed by atoms with Crippen LogP contribution in [0.25, 0.3) is 0 Å². The van der Waals surface area contributed by atoms with Gasteiger partial charge in [0.2, 0.25) is 11.8 Å². The van der Waals surface area contributed by atoms with Crippen molar-refractivity contribution in [1.82, 2.24) is 9.97 Å². The topological polar surface area (TPSA) is 224 Å². The van der Waals surface area contributed by atoms with Crippen molar-refractivity contribution in [1.29, 1.82) is 0 Å². The third-order valence-electron chi connectivity index (χ3n) is 5.67. The van der Waals surface area contributed by atoms with Gasteiger partial charge in [0, 0.05) is 87.2 Å². The second kappa shape index (κ2) is 16.4. The Morgan fingerprint density at radius 2 is 1.23 bits per heavy atom. The predicted octanol–water partition coefficient (Wildman–Crippen LogP) is 7.63. The highest BCUT2D eigenvalue weighted by atomic mass is 35.5. The lowest BCUT2D eigenvalue weighted by Crippen LogP contribution is -2.06. The molecule has 0 saturated carbocycles. The molecule has 0 aliphatic rings. The second-order valence-corrected chi connectivity index (χ2v) is 16.5. The fourth-order valence-electron chi connectivity index (χ4n) is 3.63. The van der Waals surface area contributed by atoms with Gasteiger partial charge >= 0.3 is 6.18 Å².